The fourth-order valence-electron chi connectivity index (χ4n) is 0.443. The van der Waals surface area contributed by atoms with Crippen molar-refractivity contribution in [1.82, 2.24) is 0 Å². The molecule has 5 heteroatoms. The lowest BCUT2D eigenvalue weighted by Gasteiger charge is -2.00. The molecule has 10 heavy (non-hydrogen) atoms. The third-order valence-corrected chi connectivity index (χ3v) is 0.821. The van der Waals surface area contributed by atoms with Crippen molar-refractivity contribution in [3.05, 3.63) is 10.4 Å². The fraction of sp³-hybridized carbons (Fsp3) is 0.800. The normalized spacial score (nSPS) is 8.10. The Kier molecular flexibility index (Phi) is 5.19. The highest BCUT2D eigenvalue weighted by Crippen LogP contribution is 1.87. The Bertz CT molecular complexity index is 150. The lowest BCUT2D eigenvalue weighted by molar-refractivity contribution is 0.314. The van der Waals surface area contributed by atoms with Gasteiger partial charge in [-0.15, -0.1) is 0 Å². The zero-order valence-corrected chi connectivity index (χ0v) is 5.87. The number of azide groups is 1. The summed E-state index contributed by atoms with van der Waals surface area (Å²) in [5, 5.41) is 10.3. The molecule has 0 fully saturated rings. The van der Waals surface area contributed by atoms with Gasteiger partial charge in [-0.2, -0.15) is 0 Å². The van der Waals surface area contributed by atoms with E-state index in [1.54, 1.807) is 0 Å². The van der Waals surface area contributed by atoms with Gasteiger partial charge in [0.15, 0.2) is 5.90 Å². The largest absolute Gasteiger partial charge is 0.481 e. The van der Waals surface area contributed by atoms with Crippen molar-refractivity contribution in [1.29, 1.82) is 5.41 Å². The van der Waals surface area contributed by atoms with Gasteiger partial charge in [0.25, 0.3) is 0 Å². The lowest BCUT2D eigenvalue weighted by atomic mass is 10.4. The minimum Gasteiger partial charge on any atom is -0.481 e. The van der Waals surface area contributed by atoms with Crippen molar-refractivity contribution >= 4 is 5.90 Å². The Balaban J connectivity index is 3.30. The van der Waals surface area contributed by atoms with Gasteiger partial charge < -0.3 is 4.74 Å². The van der Waals surface area contributed by atoms with Crippen LogP contribution >= 0.6 is 0 Å². The van der Waals surface area contributed by atoms with Gasteiger partial charge in [-0.25, -0.2) is 0 Å². The molecule has 0 spiro atoms. The Morgan fingerprint density at radius 3 is 3.00 bits per heavy atom. The van der Waals surface area contributed by atoms with Gasteiger partial charge in [-0.3, -0.25) is 5.41 Å². The summed E-state index contributed by atoms with van der Waals surface area (Å²) >= 11 is 0. The van der Waals surface area contributed by atoms with Crippen LogP contribution in [0.25, 0.3) is 10.4 Å². The number of hydrogen-bond acceptors (Lipinski definition) is 3. The Morgan fingerprint density at radius 1 is 1.80 bits per heavy atom. The monoisotopic (exact) mass is 142 g/mol. The van der Waals surface area contributed by atoms with Crippen molar-refractivity contribution in [2.24, 2.45) is 5.11 Å². The first kappa shape index (κ1) is 8.78. The van der Waals surface area contributed by atoms with E-state index in [1.165, 1.54) is 0 Å². The van der Waals surface area contributed by atoms with Crippen LogP contribution in [0.3, 0.4) is 0 Å². The minimum atomic E-state index is 0.176. The molecule has 0 aromatic carbocycles. The van der Waals surface area contributed by atoms with Crippen LogP contribution in [-0.2, 0) is 4.74 Å². The zero-order chi connectivity index (χ0) is 7.82. The van der Waals surface area contributed by atoms with Crippen LogP contribution in [0.1, 0.15) is 13.3 Å². The van der Waals surface area contributed by atoms with Crippen LogP contribution in [0.4, 0.5) is 0 Å². The van der Waals surface area contributed by atoms with E-state index >= 15 is 0 Å². The molecule has 56 valence electrons. The molecule has 0 saturated heterocycles. The summed E-state index contributed by atoms with van der Waals surface area (Å²) in [4.78, 5) is 2.54. The molecule has 0 aromatic rings. The highest BCUT2D eigenvalue weighted by Gasteiger charge is 1.92. The van der Waals surface area contributed by atoms with Gasteiger partial charge in [-0.1, -0.05) is 5.11 Å². The molecule has 0 aromatic heterocycles. The van der Waals surface area contributed by atoms with Gasteiger partial charge in [0.05, 0.1) is 6.61 Å². The number of rotatable bonds is 4. The molecule has 0 aliphatic rings. The average Bonchev–Trinajstić information content (AvgIpc) is 1.89. The Hall–Kier alpha value is -1.22. The molecule has 1 N–H and O–H groups in total. The highest BCUT2D eigenvalue weighted by molar-refractivity contribution is 5.72. The standard InChI is InChI=1S/C5H10N4O/c1-2-10-5(6)3-4-8-9-7/h6H,2-4H2,1H3. The van der Waals surface area contributed by atoms with E-state index in [2.05, 4.69) is 10.0 Å². The molecular weight excluding hydrogens is 132 g/mol. The molecule has 0 aliphatic carbocycles. The fourth-order valence-corrected chi connectivity index (χ4v) is 0.443. The van der Waals surface area contributed by atoms with Gasteiger partial charge in [0, 0.05) is 17.9 Å². The van der Waals surface area contributed by atoms with E-state index in [0.717, 1.165) is 0 Å². The number of hydrogen-bond donors (Lipinski definition) is 1. The zero-order valence-electron chi connectivity index (χ0n) is 5.87. The maximum Gasteiger partial charge on any atom is 0.180 e. The highest BCUT2D eigenvalue weighted by atomic mass is 16.5. The molecule has 0 aliphatic heterocycles. The van der Waals surface area contributed by atoms with Gasteiger partial charge in [0.2, 0.25) is 0 Å². The predicted molar refractivity (Wildman–Crippen MR) is 38.0 cm³/mol. The minimum absolute atomic E-state index is 0.176. The third kappa shape index (κ3) is 4.93. The summed E-state index contributed by atoms with van der Waals surface area (Å²) in [6.45, 7) is 2.60. The second kappa shape index (κ2) is 5.91. The van der Waals surface area contributed by atoms with Crippen LogP contribution < -0.4 is 0 Å². The summed E-state index contributed by atoms with van der Waals surface area (Å²) in [7, 11) is 0. The summed E-state index contributed by atoms with van der Waals surface area (Å²) in [6, 6.07) is 0. The molecule has 0 saturated carbocycles. The summed E-state index contributed by atoms with van der Waals surface area (Å²) in [5.41, 5.74) is 7.86. The topological polar surface area (TPSA) is 81.8 Å². The third-order valence-electron chi connectivity index (χ3n) is 0.821. The second-order valence-corrected chi connectivity index (χ2v) is 1.56. The molecular formula is C5H10N4O. The van der Waals surface area contributed by atoms with Crippen molar-refractivity contribution in [2.75, 3.05) is 13.2 Å². The SMILES string of the molecule is CCOC(=N)CCN=[N+]=[N-]. The molecule has 0 rings (SSSR count). The predicted octanol–water partition coefficient (Wildman–Crippen LogP) is 1.70. The molecule has 0 amide bonds. The number of nitrogens with one attached hydrogen (secondary N) is 1. The van der Waals surface area contributed by atoms with E-state index in [4.69, 9.17) is 15.7 Å². The van der Waals surface area contributed by atoms with Gasteiger partial charge in [0.1, 0.15) is 0 Å². The quantitative estimate of drug-likeness (QED) is 0.209. The van der Waals surface area contributed by atoms with Crippen LogP contribution in [-0.4, -0.2) is 19.0 Å². The first-order valence-electron chi connectivity index (χ1n) is 3.02. The van der Waals surface area contributed by atoms with Crippen LogP contribution in [0.15, 0.2) is 5.11 Å². The maximum absolute atomic E-state index is 7.86. The average molecular weight is 142 g/mol. The van der Waals surface area contributed by atoms with E-state index in [9.17, 15) is 0 Å². The van der Waals surface area contributed by atoms with Crippen LogP contribution in [0.2, 0.25) is 0 Å². The maximum atomic E-state index is 7.86. The lowest BCUT2D eigenvalue weighted by Crippen LogP contribution is -2.03. The molecule has 0 radical (unpaired) electrons. The van der Waals surface area contributed by atoms with E-state index < -0.39 is 0 Å². The first-order valence-corrected chi connectivity index (χ1v) is 3.02. The van der Waals surface area contributed by atoms with Gasteiger partial charge >= 0.3 is 0 Å². The van der Waals surface area contributed by atoms with E-state index in [1.807, 2.05) is 6.92 Å². The molecule has 0 heterocycles. The summed E-state index contributed by atoms with van der Waals surface area (Å²) < 4.78 is 4.79. The summed E-state index contributed by atoms with van der Waals surface area (Å²) in [5.74, 6) is 0.176. The molecule has 5 nitrogen and oxygen atoms in total. The summed E-state index contributed by atoms with van der Waals surface area (Å²) in [6.07, 6.45) is 0.387. The molecule has 0 bridgehead atoms. The van der Waals surface area contributed by atoms with Crippen molar-refractivity contribution in [3.63, 3.8) is 0 Å². The second-order valence-electron chi connectivity index (χ2n) is 1.56. The van der Waals surface area contributed by atoms with E-state index in [0.29, 0.717) is 19.6 Å². The van der Waals surface area contributed by atoms with Crippen molar-refractivity contribution in [2.45, 2.75) is 13.3 Å². The molecule has 0 atom stereocenters. The Labute approximate surface area is 59.1 Å². The first-order chi connectivity index (χ1) is 4.81. The van der Waals surface area contributed by atoms with Crippen LogP contribution in [0, 0.1) is 5.41 Å². The number of ether oxygens (including phenoxy) is 1. The number of nitrogens with zero attached hydrogens (tertiary/aromatic N) is 3. The van der Waals surface area contributed by atoms with E-state index in [-0.39, 0.29) is 5.90 Å². The van der Waals surface area contributed by atoms with Crippen LogP contribution in [0.5, 0.6) is 0 Å². The van der Waals surface area contributed by atoms with Crippen molar-refractivity contribution < 1.29 is 4.74 Å². The van der Waals surface area contributed by atoms with Crippen molar-refractivity contribution in [3.8, 4) is 0 Å². The smallest absolute Gasteiger partial charge is 0.180 e. The Morgan fingerprint density at radius 2 is 2.50 bits per heavy atom. The molecule has 0 unspecified atom stereocenters. The van der Waals surface area contributed by atoms with Gasteiger partial charge in [-0.05, 0) is 12.5 Å².